The molecule has 0 aromatic rings. The first-order valence-electron chi connectivity index (χ1n) is 3.78. The van der Waals surface area contributed by atoms with E-state index in [1.54, 1.807) is 0 Å². The Morgan fingerprint density at radius 2 is 2.07 bits per heavy atom. The summed E-state index contributed by atoms with van der Waals surface area (Å²) in [5.74, 6) is -0.574. The maximum atomic E-state index is 11.2. The summed E-state index contributed by atoms with van der Waals surface area (Å²) in [4.78, 5) is 22.0. The summed E-state index contributed by atoms with van der Waals surface area (Å²) < 4.78 is 5.05. The van der Waals surface area contributed by atoms with Crippen molar-refractivity contribution >= 4 is 67.2 Å². The third-order valence-corrected chi connectivity index (χ3v) is 2.02. The van der Waals surface area contributed by atoms with Crippen molar-refractivity contribution in [3.8, 4) is 0 Å². The van der Waals surface area contributed by atoms with Gasteiger partial charge in [-0.3, -0.25) is 0 Å². The van der Waals surface area contributed by atoms with Gasteiger partial charge >= 0.3 is 41.6 Å². The molecule has 0 unspecified atom stereocenters. The molecule has 1 atom stereocenters. The SMILES string of the molecule is O=C(OC(=O)N(S)S)[C@@H]1CCCN1.[NaH]. The molecule has 0 aromatic carbocycles. The normalized spacial score (nSPS) is 19.7. The molecule has 0 spiro atoms. The molecule has 0 saturated carbocycles. The van der Waals surface area contributed by atoms with Crippen molar-refractivity contribution in [2.24, 2.45) is 0 Å². The van der Waals surface area contributed by atoms with Crippen LogP contribution in [-0.4, -0.2) is 57.9 Å². The van der Waals surface area contributed by atoms with Crippen LogP contribution in [0, 0.1) is 0 Å². The van der Waals surface area contributed by atoms with E-state index >= 15 is 0 Å². The predicted octanol–water partition coefficient (Wildman–Crippen LogP) is -0.255. The van der Waals surface area contributed by atoms with Crippen LogP contribution in [0.3, 0.4) is 0 Å². The van der Waals surface area contributed by atoms with Crippen molar-refractivity contribution in [2.75, 3.05) is 6.54 Å². The van der Waals surface area contributed by atoms with E-state index < -0.39 is 12.1 Å². The van der Waals surface area contributed by atoms with Crippen molar-refractivity contribution in [1.82, 2.24) is 9.03 Å². The van der Waals surface area contributed by atoms with E-state index in [4.69, 9.17) is 0 Å². The van der Waals surface area contributed by atoms with Crippen molar-refractivity contribution in [1.29, 1.82) is 0 Å². The zero-order valence-corrected chi connectivity index (χ0v) is 8.55. The van der Waals surface area contributed by atoms with Gasteiger partial charge in [0, 0.05) is 0 Å². The number of hydrogen-bond acceptors (Lipinski definition) is 6. The van der Waals surface area contributed by atoms with Crippen LogP contribution in [0.2, 0.25) is 0 Å². The average Bonchev–Trinajstić information content (AvgIpc) is 2.55. The van der Waals surface area contributed by atoms with E-state index in [0.717, 1.165) is 13.0 Å². The van der Waals surface area contributed by atoms with Crippen LogP contribution in [0.5, 0.6) is 0 Å². The van der Waals surface area contributed by atoms with Gasteiger partial charge in [-0.25, -0.2) is 9.59 Å². The van der Waals surface area contributed by atoms with Crippen LogP contribution in [-0.2, 0) is 9.53 Å². The molecule has 0 radical (unpaired) electrons. The van der Waals surface area contributed by atoms with Crippen LogP contribution in [0.1, 0.15) is 12.8 Å². The Morgan fingerprint density at radius 1 is 1.43 bits per heavy atom. The van der Waals surface area contributed by atoms with E-state index in [-0.39, 0.29) is 35.6 Å². The van der Waals surface area contributed by atoms with Gasteiger partial charge < -0.3 is 10.1 Å². The zero-order chi connectivity index (χ0) is 9.84. The number of nitrogens with one attached hydrogen (secondary N) is 1. The van der Waals surface area contributed by atoms with Crippen LogP contribution in [0.25, 0.3) is 0 Å². The first-order valence-corrected chi connectivity index (χ1v) is 4.58. The number of rotatable bonds is 1. The van der Waals surface area contributed by atoms with Crippen molar-refractivity contribution in [3.63, 3.8) is 0 Å². The molecule has 76 valence electrons. The van der Waals surface area contributed by atoms with Gasteiger partial charge in [0.05, 0.1) is 0 Å². The van der Waals surface area contributed by atoms with Crippen LogP contribution in [0.4, 0.5) is 4.79 Å². The Kier molecular flexibility index (Phi) is 7.27. The summed E-state index contributed by atoms with van der Waals surface area (Å²) >= 11 is 7.12. The van der Waals surface area contributed by atoms with Crippen LogP contribution < -0.4 is 5.32 Å². The number of ether oxygens (including phenoxy) is 1. The van der Waals surface area contributed by atoms with Gasteiger partial charge in [0.15, 0.2) is 0 Å². The molecule has 14 heavy (non-hydrogen) atoms. The standard InChI is InChI=1S/C6H10N2O3S2.Na.H/c9-5(4-2-1-3-7-4)11-6(10)8(12)13;;/h4,7,12-13H,1-3H2;;/t4-;;/m0../s1. The summed E-state index contributed by atoms with van der Waals surface area (Å²) in [6.45, 7) is 0.777. The Morgan fingerprint density at radius 3 is 2.50 bits per heavy atom. The minimum absolute atomic E-state index is 0. The van der Waals surface area contributed by atoms with Gasteiger partial charge in [0.25, 0.3) is 0 Å². The maximum absolute atomic E-state index is 11.2. The second kappa shape index (κ2) is 6.97. The van der Waals surface area contributed by atoms with Crippen LogP contribution >= 0.6 is 25.6 Å². The Hall–Kier alpha value is 0.600. The van der Waals surface area contributed by atoms with Gasteiger partial charge in [-0.2, -0.15) is 3.71 Å². The van der Waals surface area contributed by atoms with Gasteiger partial charge in [-0.05, 0) is 45.0 Å². The molecule has 1 heterocycles. The molecular formula is C6H11N2NaO3S2. The molecule has 0 aliphatic carbocycles. The molecule has 1 N–H and O–H groups in total. The third kappa shape index (κ3) is 4.41. The van der Waals surface area contributed by atoms with E-state index in [9.17, 15) is 9.59 Å². The number of nitrogens with zero attached hydrogens (tertiary/aromatic N) is 1. The molecule has 1 saturated heterocycles. The number of thiol groups is 2. The molecule has 5 nitrogen and oxygen atoms in total. The quantitative estimate of drug-likeness (QED) is 0.258. The number of esters is 1. The first-order chi connectivity index (χ1) is 6.11. The van der Waals surface area contributed by atoms with Crippen molar-refractivity contribution < 1.29 is 14.3 Å². The molecule has 1 rings (SSSR count). The van der Waals surface area contributed by atoms with Crippen LogP contribution in [0.15, 0.2) is 0 Å². The molecule has 1 fully saturated rings. The monoisotopic (exact) mass is 246 g/mol. The molecular weight excluding hydrogens is 235 g/mol. The summed E-state index contributed by atoms with van der Waals surface area (Å²) in [6, 6.07) is -0.370. The molecule has 0 aromatic heterocycles. The second-order valence-electron chi connectivity index (χ2n) is 2.63. The number of hydrogen-bond donors (Lipinski definition) is 3. The van der Waals surface area contributed by atoms with Crippen molar-refractivity contribution in [2.45, 2.75) is 18.9 Å². The molecule has 8 heteroatoms. The number of carbonyl (C=O) groups is 2. The summed E-state index contributed by atoms with van der Waals surface area (Å²) in [5, 5.41) is 2.91. The third-order valence-electron chi connectivity index (χ3n) is 1.70. The Bertz CT molecular complexity index is 221. The van der Waals surface area contributed by atoms with E-state index in [1.807, 2.05) is 0 Å². The summed E-state index contributed by atoms with van der Waals surface area (Å²) in [5.41, 5.74) is 0. The van der Waals surface area contributed by atoms with Crippen molar-refractivity contribution in [3.05, 3.63) is 0 Å². The van der Waals surface area contributed by atoms with Gasteiger partial charge in [0.1, 0.15) is 6.04 Å². The fourth-order valence-electron chi connectivity index (χ4n) is 1.08. The Balaban J connectivity index is 0.00000169. The number of carbonyl (C=O) groups excluding carboxylic acids is 2. The van der Waals surface area contributed by atoms with E-state index in [0.29, 0.717) is 10.1 Å². The predicted molar refractivity (Wildman–Crippen MR) is 59.5 cm³/mol. The fourth-order valence-corrected chi connectivity index (χ4v) is 1.17. The molecule has 0 bridgehead atoms. The minimum atomic E-state index is -0.884. The topological polar surface area (TPSA) is 58.6 Å². The van der Waals surface area contributed by atoms with Gasteiger partial charge in [-0.1, -0.05) is 0 Å². The van der Waals surface area contributed by atoms with E-state index in [2.05, 4.69) is 35.7 Å². The summed E-state index contributed by atoms with van der Waals surface area (Å²) in [7, 11) is 0. The van der Waals surface area contributed by atoms with Gasteiger partial charge in [-0.15, -0.1) is 0 Å². The first kappa shape index (κ1) is 14.6. The van der Waals surface area contributed by atoms with Gasteiger partial charge in [0.2, 0.25) is 0 Å². The number of amides is 1. The average molecular weight is 246 g/mol. The van der Waals surface area contributed by atoms with E-state index in [1.165, 1.54) is 0 Å². The second-order valence-corrected chi connectivity index (χ2v) is 3.74. The Labute approximate surface area is 115 Å². The summed E-state index contributed by atoms with van der Waals surface area (Å²) in [6.07, 6.45) is 0.732. The fraction of sp³-hybridized carbons (Fsp3) is 0.667. The zero-order valence-electron chi connectivity index (χ0n) is 6.77. The molecule has 1 aliphatic rings. The molecule has 1 aliphatic heterocycles. The molecule has 1 amide bonds.